The molecule has 1 saturated heterocycles. The number of terminal acetylenes is 1. The molecule has 1 heterocycles. The minimum Gasteiger partial charge on any atom is -0.497 e. The molecule has 0 aromatic heterocycles. The number of aldehydes is 1. The molecule has 1 aliphatic rings. The number of imide groups is 1. The van der Waals surface area contributed by atoms with Gasteiger partial charge in [0.2, 0.25) is 0 Å². The van der Waals surface area contributed by atoms with E-state index in [1.165, 1.54) is 0 Å². The van der Waals surface area contributed by atoms with Gasteiger partial charge in [-0.15, -0.1) is 24.8 Å². The van der Waals surface area contributed by atoms with E-state index in [4.69, 9.17) is 9.47 Å². The van der Waals surface area contributed by atoms with Crippen molar-refractivity contribution in [1.29, 1.82) is 0 Å². The summed E-state index contributed by atoms with van der Waals surface area (Å²) in [5.74, 6) is 9.18. The fourth-order valence-electron chi connectivity index (χ4n) is 2.23. The van der Waals surface area contributed by atoms with E-state index in [0.717, 1.165) is 35.3 Å². The Kier molecular flexibility index (Phi) is 33.7. The van der Waals surface area contributed by atoms with Crippen LogP contribution in [0.25, 0.3) is 0 Å². The second kappa shape index (κ2) is 31.1. The van der Waals surface area contributed by atoms with Crippen molar-refractivity contribution in [2.24, 2.45) is 0 Å². The molecule has 1 aromatic carbocycles. The number of ether oxygens (including phenoxy) is 2. The zero-order valence-corrected chi connectivity index (χ0v) is 25.0. The molecule has 0 bridgehead atoms. The largest absolute Gasteiger partial charge is 0.497 e. The van der Waals surface area contributed by atoms with Crippen molar-refractivity contribution in [3.8, 4) is 29.9 Å². The molecule has 2 N–H and O–H groups in total. The number of hydrogen-bond acceptors (Lipinski definition) is 5. The van der Waals surface area contributed by atoms with Crippen LogP contribution in [0.2, 0.25) is 0 Å². The molecule has 1 fully saturated rings. The molecule has 38 heavy (non-hydrogen) atoms. The van der Waals surface area contributed by atoms with Crippen LogP contribution < -0.4 is 15.4 Å². The topological polar surface area (TPSA) is 93.7 Å². The Balaban J connectivity index is -0.000000205. The number of methoxy groups -OCH3 is 1. The Morgan fingerprint density at radius 2 is 1.76 bits per heavy atom. The van der Waals surface area contributed by atoms with Crippen LogP contribution in [-0.2, 0) is 16.0 Å². The number of allylic oxidation sites excluding steroid dienone is 2. The lowest BCUT2D eigenvalue weighted by atomic mass is 10.1. The normalized spacial score (nSPS) is 12.1. The lowest BCUT2D eigenvalue weighted by Crippen LogP contribution is -2.27. The average molecular weight is 529 g/mol. The van der Waals surface area contributed by atoms with E-state index >= 15 is 0 Å². The number of carbonyl (C=O) groups excluding carboxylic acids is 3. The molecule has 1 unspecified atom stereocenters. The zero-order chi connectivity index (χ0) is 30.4. The summed E-state index contributed by atoms with van der Waals surface area (Å²) in [4.78, 5) is 31.8. The summed E-state index contributed by atoms with van der Waals surface area (Å²) >= 11 is 0. The molecule has 7 heteroatoms. The summed E-state index contributed by atoms with van der Waals surface area (Å²) in [6, 6.07) is 4.71. The van der Waals surface area contributed by atoms with Crippen LogP contribution >= 0.6 is 0 Å². The number of hydrogen-bond donors (Lipinski definition) is 2. The van der Waals surface area contributed by atoms with Crippen molar-refractivity contribution in [2.45, 2.75) is 81.2 Å². The third-order valence-electron chi connectivity index (χ3n) is 4.08. The molecule has 3 amide bonds. The van der Waals surface area contributed by atoms with Gasteiger partial charge in [-0.3, -0.25) is 14.9 Å². The molecule has 212 valence electrons. The van der Waals surface area contributed by atoms with E-state index in [0.29, 0.717) is 13.0 Å². The Bertz CT molecular complexity index is 918. The fourth-order valence-corrected chi connectivity index (χ4v) is 2.23. The van der Waals surface area contributed by atoms with E-state index in [-0.39, 0.29) is 5.91 Å². The quantitative estimate of drug-likeness (QED) is 0.139. The fraction of sp³-hybridized carbons (Fsp3) is 0.452. The van der Waals surface area contributed by atoms with E-state index in [2.05, 4.69) is 41.4 Å². The van der Waals surface area contributed by atoms with Gasteiger partial charge in [-0.25, -0.2) is 4.79 Å². The van der Waals surface area contributed by atoms with E-state index in [1.807, 2.05) is 66.7 Å². The first-order valence-electron chi connectivity index (χ1n) is 12.6. The first-order valence-corrected chi connectivity index (χ1v) is 12.6. The minimum absolute atomic E-state index is 0.273. The number of nitrogens with one attached hydrogen (secondary N) is 2. The van der Waals surface area contributed by atoms with Gasteiger partial charge < -0.3 is 14.8 Å². The summed E-state index contributed by atoms with van der Waals surface area (Å²) in [6.07, 6.45) is 10.3. The average Bonchev–Trinajstić information content (AvgIpc) is 3.27. The first-order chi connectivity index (χ1) is 18.3. The lowest BCUT2D eigenvalue weighted by molar-refractivity contribution is -0.120. The smallest absolute Gasteiger partial charge is 0.322 e. The maximum Gasteiger partial charge on any atom is 0.322 e. The van der Waals surface area contributed by atoms with Gasteiger partial charge >= 0.3 is 6.03 Å². The van der Waals surface area contributed by atoms with Crippen molar-refractivity contribution in [3.63, 3.8) is 0 Å². The predicted octanol–water partition coefficient (Wildman–Crippen LogP) is 6.48. The number of carbonyl (C=O) groups is 3. The maximum absolute atomic E-state index is 10.7. The van der Waals surface area contributed by atoms with Crippen LogP contribution in [0.3, 0.4) is 0 Å². The first kappa shape index (κ1) is 41.2. The third-order valence-corrected chi connectivity index (χ3v) is 4.08. The van der Waals surface area contributed by atoms with Crippen molar-refractivity contribution in [3.05, 3.63) is 53.8 Å². The third kappa shape index (κ3) is 22.5. The molecule has 0 saturated carbocycles. The summed E-state index contributed by atoms with van der Waals surface area (Å²) in [7, 11) is 1.59. The minimum atomic E-state index is -0.420. The highest BCUT2D eigenvalue weighted by atomic mass is 16.5. The zero-order valence-electron chi connectivity index (χ0n) is 25.0. The number of aryl methyl sites for hydroxylation is 1. The SMILES string of the molecule is C#CC.C=CCC1NC(=O)NC1=O.CC.CC.CC#CCO/C(C)=C/C.CCc1ccc(OC)cc1C=O. The summed E-state index contributed by atoms with van der Waals surface area (Å²) < 4.78 is 10.1. The van der Waals surface area contributed by atoms with Gasteiger partial charge in [0.1, 0.15) is 24.7 Å². The number of rotatable bonds is 7. The molecule has 1 aliphatic heterocycles. The Morgan fingerprint density at radius 3 is 2.13 bits per heavy atom. The predicted molar refractivity (Wildman–Crippen MR) is 159 cm³/mol. The van der Waals surface area contributed by atoms with Crippen LogP contribution in [0.5, 0.6) is 5.75 Å². The second-order valence-corrected chi connectivity index (χ2v) is 6.48. The summed E-state index contributed by atoms with van der Waals surface area (Å²) in [6.45, 7) is 21.3. The van der Waals surface area contributed by atoms with E-state index in [9.17, 15) is 14.4 Å². The van der Waals surface area contributed by atoms with Crippen LogP contribution in [-0.4, -0.2) is 38.0 Å². The van der Waals surface area contributed by atoms with Gasteiger partial charge in [-0.2, -0.15) is 0 Å². The van der Waals surface area contributed by atoms with Crippen LogP contribution in [0.15, 0.2) is 42.7 Å². The number of amides is 3. The van der Waals surface area contributed by atoms with Gasteiger partial charge in [-0.1, -0.05) is 52.7 Å². The molecular weight excluding hydrogens is 480 g/mol. The molecule has 0 aliphatic carbocycles. The molecule has 7 nitrogen and oxygen atoms in total. The highest BCUT2D eigenvalue weighted by molar-refractivity contribution is 6.04. The summed E-state index contributed by atoms with van der Waals surface area (Å²) in [5, 5.41) is 4.55. The van der Waals surface area contributed by atoms with Gasteiger partial charge in [0.15, 0.2) is 0 Å². The van der Waals surface area contributed by atoms with Gasteiger partial charge in [0, 0.05) is 5.56 Å². The molecule has 1 aromatic rings. The van der Waals surface area contributed by atoms with Gasteiger partial charge in [0.05, 0.1) is 12.9 Å². The molecular formula is C31H48N2O5. The number of benzene rings is 1. The highest BCUT2D eigenvalue weighted by Crippen LogP contribution is 2.16. The van der Waals surface area contributed by atoms with E-state index in [1.54, 1.807) is 33.1 Å². The van der Waals surface area contributed by atoms with Gasteiger partial charge in [0.25, 0.3) is 5.91 Å². The number of urea groups is 1. The van der Waals surface area contributed by atoms with Crippen LogP contribution in [0, 0.1) is 24.2 Å². The standard InChI is InChI=1S/C10H12O2.C8H12O.C6H8N2O2.C3H4.2C2H6/c1-3-8-4-5-10(12-2)6-9(8)7-11;1-4-6-7-9-8(3)5-2;1-2-3-4-5(9)8-6(10)7-4;1-3-2;2*1-2/h4-7H,3H2,1-2H3;5H,7H2,1-3H3;2,4H,1,3H2,(H2,7,8,9,10);1H,2H3;2*1-2H3/b;8-5+;;;;. The van der Waals surface area contributed by atoms with Crippen molar-refractivity contribution < 1.29 is 23.9 Å². The highest BCUT2D eigenvalue weighted by Gasteiger charge is 2.27. The molecule has 0 radical (unpaired) electrons. The molecule has 2 rings (SSSR count). The van der Waals surface area contributed by atoms with Crippen LogP contribution in [0.4, 0.5) is 4.79 Å². The van der Waals surface area contributed by atoms with Crippen LogP contribution in [0.1, 0.15) is 84.7 Å². The van der Waals surface area contributed by atoms with Crippen molar-refractivity contribution in [2.75, 3.05) is 13.7 Å². The van der Waals surface area contributed by atoms with Crippen molar-refractivity contribution in [1.82, 2.24) is 10.6 Å². The lowest BCUT2D eigenvalue weighted by Gasteiger charge is -2.03. The Hall–Kier alpha value is -3.97. The van der Waals surface area contributed by atoms with Gasteiger partial charge in [-0.05, 0) is 64.3 Å². The Morgan fingerprint density at radius 1 is 1.18 bits per heavy atom. The second-order valence-electron chi connectivity index (χ2n) is 6.48. The maximum atomic E-state index is 10.7. The summed E-state index contributed by atoms with van der Waals surface area (Å²) in [5.41, 5.74) is 1.78. The monoisotopic (exact) mass is 528 g/mol. The molecule has 1 atom stereocenters. The van der Waals surface area contributed by atoms with Crippen molar-refractivity contribution >= 4 is 18.2 Å². The van der Waals surface area contributed by atoms with E-state index < -0.39 is 12.1 Å². The Labute approximate surface area is 231 Å². The molecule has 0 spiro atoms.